The summed E-state index contributed by atoms with van der Waals surface area (Å²) in [5.41, 5.74) is 1.17. The normalized spacial score (nSPS) is 12.9. The van der Waals surface area contributed by atoms with Crippen LogP contribution in [0.2, 0.25) is 10.0 Å². The van der Waals surface area contributed by atoms with Gasteiger partial charge in [0.2, 0.25) is 0 Å². The molecule has 0 saturated carbocycles. The molecule has 2 heterocycles. The molecule has 1 aliphatic heterocycles. The van der Waals surface area contributed by atoms with Gasteiger partial charge >= 0.3 is 0 Å². The largest absolute Gasteiger partial charge is 0.274 e. The number of carbonyl (C=O) groups is 3. The standard InChI is InChI=1S/C24H14Cl2N4O5/c25-17-11-19-20(12-18(17)26)29(22(31)13-4-3-5-14(10-13)30(34)35)21(27-19)8-9-28-23(32)15-6-1-2-7-16(15)24(28)33/h1-7,10-12H,8-9H2. The van der Waals surface area contributed by atoms with Crippen molar-refractivity contribution >= 4 is 57.6 Å². The lowest BCUT2D eigenvalue weighted by atomic mass is 10.1. The summed E-state index contributed by atoms with van der Waals surface area (Å²) < 4.78 is 1.27. The maximum absolute atomic E-state index is 13.5. The molecule has 0 spiro atoms. The number of halogens is 2. The van der Waals surface area contributed by atoms with Crippen LogP contribution in [0.25, 0.3) is 11.0 Å². The minimum absolute atomic E-state index is 0.0284. The van der Waals surface area contributed by atoms with E-state index in [1.165, 1.54) is 41.0 Å². The van der Waals surface area contributed by atoms with Gasteiger partial charge in [-0.15, -0.1) is 0 Å². The average molecular weight is 509 g/mol. The molecule has 0 bridgehead atoms. The van der Waals surface area contributed by atoms with Gasteiger partial charge in [-0.05, 0) is 30.3 Å². The SMILES string of the molecule is O=C1c2ccccc2C(=O)N1CCc1nc2cc(Cl)c(Cl)cc2n1C(=O)c1cccc([N+](=O)[O-])c1. The van der Waals surface area contributed by atoms with Crippen LogP contribution in [-0.2, 0) is 6.42 Å². The van der Waals surface area contributed by atoms with Gasteiger partial charge in [-0.3, -0.25) is 34.0 Å². The molecule has 5 rings (SSSR count). The molecule has 0 unspecified atom stereocenters. The van der Waals surface area contributed by atoms with Crippen LogP contribution in [0, 0.1) is 10.1 Å². The third-order valence-corrected chi connectivity index (χ3v) is 6.43. The van der Waals surface area contributed by atoms with Crippen LogP contribution in [0.15, 0.2) is 60.7 Å². The van der Waals surface area contributed by atoms with E-state index in [1.54, 1.807) is 24.3 Å². The molecule has 0 atom stereocenters. The molecular formula is C24H14Cl2N4O5. The molecule has 0 radical (unpaired) electrons. The van der Waals surface area contributed by atoms with Crippen LogP contribution in [-0.4, -0.2) is 43.6 Å². The van der Waals surface area contributed by atoms with Crippen LogP contribution in [0.1, 0.15) is 36.9 Å². The van der Waals surface area contributed by atoms with Crippen molar-refractivity contribution in [2.75, 3.05) is 6.54 Å². The maximum atomic E-state index is 13.5. The van der Waals surface area contributed by atoms with Crippen molar-refractivity contribution in [3.05, 3.63) is 103 Å². The van der Waals surface area contributed by atoms with E-state index in [4.69, 9.17) is 23.2 Å². The van der Waals surface area contributed by atoms with Crippen LogP contribution in [0.5, 0.6) is 0 Å². The van der Waals surface area contributed by atoms with Gasteiger partial charge in [0.15, 0.2) is 0 Å². The molecule has 0 saturated heterocycles. The second-order valence-corrected chi connectivity index (χ2v) is 8.60. The zero-order valence-electron chi connectivity index (χ0n) is 17.8. The molecule has 11 heteroatoms. The molecule has 9 nitrogen and oxygen atoms in total. The highest BCUT2D eigenvalue weighted by molar-refractivity contribution is 6.42. The molecule has 3 aromatic carbocycles. The number of aromatic nitrogens is 2. The number of non-ortho nitro benzene ring substituents is 1. The summed E-state index contributed by atoms with van der Waals surface area (Å²) in [5.74, 6) is -1.19. The number of nitro benzene ring substituents is 1. The minimum atomic E-state index is -0.595. The van der Waals surface area contributed by atoms with E-state index in [2.05, 4.69) is 4.98 Å². The van der Waals surface area contributed by atoms with E-state index >= 15 is 0 Å². The van der Waals surface area contributed by atoms with Gasteiger partial charge in [0.1, 0.15) is 5.82 Å². The molecule has 174 valence electrons. The van der Waals surface area contributed by atoms with Crippen molar-refractivity contribution in [3.63, 3.8) is 0 Å². The number of imide groups is 1. The Balaban J connectivity index is 1.55. The first-order chi connectivity index (χ1) is 16.8. The second kappa shape index (κ2) is 8.61. The van der Waals surface area contributed by atoms with E-state index in [9.17, 15) is 24.5 Å². The zero-order chi connectivity index (χ0) is 24.9. The number of amides is 2. The lowest BCUT2D eigenvalue weighted by Crippen LogP contribution is -2.32. The van der Waals surface area contributed by atoms with E-state index in [0.29, 0.717) is 22.2 Å². The Morgan fingerprint density at radius 2 is 1.60 bits per heavy atom. The summed E-state index contributed by atoms with van der Waals surface area (Å²) >= 11 is 12.3. The Bertz CT molecular complexity index is 1540. The smallest absolute Gasteiger partial charge is 0.270 e. The number of hydrogen-bond donors (Lipinski definition) is 0. The molecule has 1 aromatic heterocycles. The minimum Gasteiger partial charge on any atom is -0.274 e. The fraction of sp³-hybridized carbons (Fsp3) is 0.0833. The summed E-state index contributed by atoms with van der Waals surface area (Å²) in [7, 11) is 0. The number of imidazole rings is 1. The van der Waals surface area contributed by atoms with Gasteiger partial charge in [-0.25, -0.2) is 4.98 Å². The Labute approximate surface area is 207 Å². The van der Waals surface area contributed by atoms with Gasteiger partial charge in [-0.1, -0.05) is 41.4 Å². The topological polar surface area (TPSA) is 115 Å². The van der Waals surface area contributed by atoms with Gasteiger partial charge in [0.25, 0.3) is 23.4 Å². The van der Waals surface area contributed by atoms with Gasteiger partial charge < -0.3 is 0 Å². The Kier molecular flexibility index (Phi) is 5.58. The third-order valence-electron chi connectivity index (χ3n) is 5.71. The van der Waals surface area contributed by atoms with Crippen molar-refractivity contribution in [1.29, 1.82) is 0 Å². The first-order valence-corrected chi connectivity index (χ1v) is 11.1. The van der Waals surface area contributed by atoms with Crippen LogP contribution in [0.4, 0.5) is 5.69 Å². The van der Waals surface area contributed by atoms with Crippen molar-refractivity contribution in [2.24, 2.45) is 0 Å². The highest BCUT2D eigenvalue weighted by Crippen LogP contribution is 2.30. The van der Waals surface area contributed by atoms with Gasteiger partial charge in [0.05, 0.1) is 37.1 Å². The van der Waals surface area contributed by atoms with E-state index in [0.717, 1.165) is 4.90 Å². The zero-order valence-corrected chi connectivity index (χ0v) is 19.3. The number of carbonyl (C=O) groups excluding carboxylic acids is 3. The summed E-state index contributed by atoms with van der Waals surface area (Å²) in [6.45, 7) is -0.0284. The van der Waals surface area contributed by atoms with Crippen LogP contribution in [0.3, 0.4) is 0 Å². The Hall–Kier alpha value is -4.08. The maximum Gasteiger partial charge on any atom is 0.270 e. The fourth-order valence-corrected chi connectivity index (χ4v) is 4.37. The fourth-order valence-electron chi connectivity index (χ4n) is 4.05. The predicted octanol–water partition coefficient (Wildman–Crippen LogP) is 4.78. The molecule has 35 heavy (non-hydrogen) atoms. The van der Waals surface area contributed by atoms with Crippen molar-refractivity contribution in [1.82, 2.24) is 14.5 Å². The lowest BCUT2D eigenvalue weighted by Gasteiger charge is -2.14. The van der Waals surface area contributed by atoms with Gasteiger partial charge in [0, 0.05) is 30.7 Å². The second-order valence-electron chi connectivity index (χ2n) is 7.79. The average Bonchev–Trinajstić information content (AvgIpc) is 3.31. The number of benzene rings is 3. The summed E-state index contributed by atoms with van der Waals surface area (Å²) in [4.78, 5) is 55.2. The molecule has 0 aliphatic carbocycles. The first-order valence-electron chi connectivity index (χ1n) is 10.4. The van der Waals surface area contributed by atoms with Crippen molar-refractivity contribution < 1.29 is 19.3 Å². The van der Waals surface area contributed by atoms with Crippen molar-refractivity contribution in [2.45, 2.75) is 6.42 Å². The summed E-state index contributed by atoms with van der Waals surface area (Å²) in [6.07, 6.45) is 0.0516. The van der Waals surface area contributed by atoms with Gasteiger partial charge in [-0.2, -0.15) is 0 Å². The molecular weight excluding hydrogens is 495 g/mol. The van der Waals surface area contributed by atoms with Crippen molar-refractivity contribution in [3.8, 4) is 0 Å². The quantitative estimate of drug-likeness (QED) is 0.217. The lowest BCUT2D eigenvalue weighted by molar-refractivity contribution is -0.384. The van der Waals surface area contributed by atoms with E-state index in [-0.39, 0.29) is 40.1 Å². The highest BCUT2D eigenvalue weighted by Gasteiger charge is 2.35. The number of nitrogens with zero attached hydrogens (tertiary/aromatic N) is 4. The molecule has 2 amide bonds. The number of hydrogen-bond acceptors (Lipinski definition) is 6. The predicted molar refractivity (Wildman–Crippen MR) is 128 cm³/mol. The monoisotopic (exact) mass is 508 g/mol. The summed E-state index contributed by atoms with van der Waals surface area (Å²) in [5, 5.41) is 11.6. The first kappa shape index (κ1) is 22.7. The molecule has 4 aromatic rings. The summed E-state index contributed by atoms with van der Waals surface area (Å²) in [6, 6.07) is 14.8. The number of rotatable bonds is 5. The van der Waals surface area contributed by atoms with E-state index in [1.807, 2.05) is 0 Å². The number of fused-ring (bicyclic) bond motifs is 2. The van der Waals surface area contributed by atoms with Crippen LogP contribution >= 0.6 is 23.2 Å². The van der Waals surface area contributed by atoms with E-state index < -0.39 is 22.6 Å². The van der Waals surface area contributed by atoms with Crippen LogP contribution < -0.4 is 0 Å². The highest BCUT2D eigenvalue weighted by atomic mass is 35.5. The molecule has 0 fully saturated rings. The molecule has 0 N–H and O–H groups in total. The third kappa shape index (κ3) is 3.84. The Morgan fingerprint density at radius 1 is 0.943 bits per heavy atom. The Morgan fingerprint density at radius 3 is 2.26 bits per heavy atom. The number of nitro groups is 1. The molecule has 1 aliphatic rings.